The number of nitrogens with two attached hydrogens (primary N) is 1. The number of carbonyl (C=O) groups excluding carboxylic acids is 1. The van der Waals surface area contributed by atoms with Gasteiger partial charge in [0.1, 0.15) is 0 Å². The first-order valence-corrected chi connectivity index (χ1v) is 16.4. The van der Waals surface area contributed by atoms with E-state index in [1.54, 1.807) is 23.1 Å². The molecule has 7 heteroatoms. The third-order valence-electron chi connectivity index (χ3n) is 6.41. The van der Waals surface area contributed by atoms with Crippen LogP contribution in [0.4, 0.5) is 0 Å². The standard InChI is InChI=1S/C26H32N2O2S2Si/c1-31-26-23(21-8-5-9-22(15-21)33(2,3)30)16-24(32-26)25(29)28-12-10-19(11-13-28)20-7-4-6-18(14-20)17-27/h4-9,14-16,19,30H,10-13,17,27H2,1-3H3. The Kier molecular flexibility index (Phi) is 7.45. The molecule has 1 aliphatic heterocycles. The molecule has 1 fully saturated rings. The van der Waals surface area contributed by atoms with Gasteiger partial charge in [-0.2, -0.15) is 0 Å². The lowest BCUT2D eigenvalue weighted by molar-refractivity contribution is 0.0718. The lowest BCUT2D eigenvalue weighted by Crippen LogP contribution is -2.41. The summed E-state index contributed by atoms with van der Waals surface area (Å²) in [5, 5.41) is 1.01. The van der Waals surface area contributed by atoms with E-state index in [4.69, 9.17) is 5.73 Å². The van der Waals surface area contributed by atoms with Crippen LogP contribution in [0, 0.1) is 0 Å². The van der Waals surface area contributed by atoms with Crippen LogP contribution in [0.2, 0.25) is 13.1 Å². The van der Waals surface area contributed by atoms with Crippen LogP contribution in [0.15, 0.2) is 58.8 Å². The number of piperidine rings is 1. The Balaban J connectivity index is 1.50. The lowest BCUT2D eigenvalue weighted by atomic mass is 9.88. The van der Waals surface area contributed by atoms with Crippen molar-refractivity contribution >= 4 is 42.5 Å². The molecular formula is C26H32N2O2S2Si. The third kappa shape index (κ3) is 5.44. The summed E-state index contributed by atoms with van der Waals surface area (Å²) in [7, 11) is -2.39. The van der Waals surface area contributed by atoms with Gasteiger partial charge in [-0.1, -0.05) is 48.5 Å². The number of likely N-dealkylation sites (tertiary alicyclic amines) is 1. The van der Waals surface area contributed by atoms with E-state index in [9.17, 15) is 9.59 Å². The van der Waals surface area contributed by atoms with Crippen LogP contribution < -0.4 is 10.9 Å². The average Bonchev–Trinajstić information content (AvgIpc) is 3.28. The van der Waals surface area contributed by atoms with E-state index in [0.717, 1.165) is 56.9 Å². The first kappa shape index (κ1) is 24.2. The quantitative estimate of drug-likeness (QED) is 0.371. The van der Waals surface area contributed by atoms with Crippen LogP contribution in [-0.4, -0.2) is 43.3 Å². The number of rotatable bonds is 6. The van der Waals surface area contributed by atoms with Gasteiger partial charge in [0.2, 0.25) is 8.32 Å². The SMILES string of the molecule is CSc1sc(C(=O)N2CCC(c3cccc(CN)c3)CC2)cc1-c1cccc([Si](C)(C)O)c1. The van der Waals surface area contributed by atoms with E-state index < -0.39 is 8.32 Å². The van der Waals surface area contributed by atoms with E-state index in [1.165, 1.54) is 5.56 Å². The summed E-state index contributed by atoms with van der Waals surface area (Å²) in [6.45, 7) is 5.97. The molecule has 3 aromatic rings. The summed E-state index contributed by atoms with van der Waals surface area (Å²) in [5.74, 6) is 0.610. The van der Waals surface area contributed by atoms with Gasteiger partial charge < -0.3 is 15.4 Å². The maximum absolute atomic E-state index is 13.4. The molecule has 1 aromatic heterocycles. The second kappa shape index (κ2) is 10.2. The van der Waals surface area contributed by atoms with Crippen molar-refractivity contribution < 1.29 is 9.59 Å². The molecule has 0 radical (unpaired) electrons. The first-order valence-electron chi connectivity index (χ1n) is 11.4. The molecular weight excluding hydrogens is 465 g/mol. The number of amides is 1. The highest BCUT2D eigenvalue weighted by Gasteiger charge is 2.27. The van der Waals surface area contributed by atoms with Crippen LogP contribution in [0.25, 0.3) is 11.1 Å². The monoisotopic (exact) mass is 496 g/mol. The average molecular weight is 497 g/mol. The van der Waals surface area contributed by atoms with E-state index in [0.29, 0.717) is 12.5 Å². The van der Waals surface area contributed by atoms with Crippen molar-refractivity contribution in [2.45, 2.75) is 42.6 Å². The second-order valence-corrected chi connectivity index (χ2v) is 15.0. The number of nitrogens with zero attached hydrogens (tertiary/aromatic N) is 1. The van der Waals surface area contributed by atoms with Crippen LogP contribution >= 0.6 is 23.1 Å². The van der Waals surface area contributed by atoms with Crippen molar-refractivity contribution in [2.75, 3.05) is 19.3 Å². The molecule has 1 saturated heterocycles. The fraction of sp³-hybridized carbons (Fsp3) is 0.346. The predicted octanol–water partition coefficient (Wildman–Crippen LogP) is 5.02. The molecule has 0 unspecified atom stereocenters. The van der Waals surface area contributed by atoms with E-state index >= 15 is 0 Å². The molecule has 0 saturated carbocycles. The van der Waals surface area contributed by atoms with Crippen molar-refractivity contribution in [1.82, 2.24) is 4.90 Å². The van der Waals surface area contributed by atoms with Gasteiger partial charge in [-0.25, -0.2) is 0 Å². The number of hydrogen-bond acceptors (Lipinski definition) is 5. The fourth-order valence-corrected chi connectivity index (χ4v) is 7.34. The molecule has 0 atom stereocenters. The summed E-state index contributed by atoms with van der Waals surface area (Å²) in [6.07, 6.45) is 4.01. The molecule has 0 spiro atoms. The van der Waals surface area contributed by atoms with E-state index in [1.807, 2.05) is 36.2 Å². The number of hydrogen-bond donors (Lipinski definition) is 2. The fourth-order valence-electron chi connectivity index (χ4n) is 4.45. The number of thioether (sulfide) groups is 1. The highest BCUT2D eigenvalue weighted by atomic mass is 32.2. The summed E-state index contributed by atoms with van der Waals surface area (Å²) >= 11 is 3.25. The second-order valence-electron chi connectivity index (χ2n) is 9.17. The van der Waals surface area contributed by atoms with Crippen molar-refractivity contribution in [3.63, 3.8) is 0 Å². The zero-order valence-electron chi connectivity index (χ0n) is 19.5. The minimum atomic E-state index is -2.39. The minimum Gasteiger partial charge on any atom is -0.428 e. The third-order valence-corrected chi connectivity index (χ3v) is 10.4. The molecule has 4 nitrogen and oxygen atoms in total. The van der Waals surface area contributed by atoms with Gasteiger partial charge in [0.25, 0.3) is 5.91 Å². The van der Waals surface area contributed by atoms with Gasteiger partial charge in [-0.3, -0.25) is 4.79 Å². The zero-order chi connectivity index (χ0) is 23.6. The predicted molar refractivity (Wildman–Crippen MR) is 143 cm³/mol. The highest BCUT2D eigenvalue weighted by Crippen LogP contribution is 2.39. The topological polar surface area (TPSA) is 66.6 Å². The highest BCUT2D eigenvalue weighted by molar-refractivity contribution is 8.00. The van der Waals surface area contributed by atoms with Gasteiger partial charge in [0.15, 0.2) is 0 Å². The Hall–Kier alpha value is -1.90. The molecule has 1 aliphatic rings. The Labute approximate surface area is 206 Å². The summed E-state index contributed by atoms with van der Waals surface area (Å²) < 4.78 is 1.14. The minimum absolute atomic E-state index is 0.128. The Morgan fingerprint density at radius 2 is 1.88 bits per heavy atom. The molecule has 0 bridgehead atoms. The molecule has 1 amide bonds. The summed E-state index contributed by atoms with van der Waals surface area (Å²) in [5.41, 5.74) is 10.5. The Morgan fingerprint density at radius 1 is 1.15 bits per heavy atom. The van der Waals surface area contributed by atoms with Crippen molar-refractivity contribution in [3.8, 4) is 11.1 Å². The van der Waals surface area contributed by atoms with Crippen LogP contribution in [0.1, 0.15) is 39.6 Å². The first-order chi connectivity index (χ1) is 15.8. The van der Waals surface area contributed by atoms with Crippen molar-refractivity contribution in [2.24, 2.45) is 5.73 Å². The smallest absolute Gasteiger partial charge is 0.263 e. The van der Waals surface area contributed by atoms with Crippen molar-refractivity contribution in [3.05, 3.63) is 70.6 Å². The maximum atomic E-state index is 13.4. The van der Waals surface area contributed by atoms with E-state index in [-0.39, 0.29) is 5.91 Å². The summed E-state index contributed by atoms with van der Waals surface area (Å²) in [6, 6.07) is 18.8. The number of benzene rings is 2. The van der Waals surface area contributed by atoms with Gasteiger partial charge in [0, 0.05) is 25.2 Å². The van der Waals surface area contributed by atoms with Crippen molar-refractivity contribution in [1.29, 1.82) is 0 Å². The van der Waals surface area contributed by atoms with Crippen LogP contribution in [0.5, 0.6) is 0 Å². The van der Waals surface area contributed by atoms with Crippen LogP contribution in [-0.2, 0) is 6.54 Å². The molecule has 0 aliphatic carbocycles. The normalized spacial score (nSPS) is 15.1. The Morgan fingerprint density at radius 3 is 2.55 bits per heavy atom. The molecule has 174 valence electrons. The zero-order valence-corrected chi connectivity index (χ0v) is 22.1. The molecule has 4 rings (SSSR count). The summed E-state index contributed by atoms with van der Waals surface area (Å²) in [4.78, 5) is 26.7. The number of thiophene rings is 1. The van der Waals surface area contributed by atoms with Gasteiger partial charge >= 0.3 is 0 Å². The molecule has 2 aromatic carbocycles. The maximum Gasteiger partial charge on any atom is 0.263 e. The molecule has 2 heterocycles. The van der Waals surface area contributed by atoms with Crippen LogP contribution in [0.3, 0.4) is 0 Å². The largest absolute Gasteiger partial charge is 0.428 e. The molecule has 33 heavy (non-hydrogen) atoms. The Bertz CT molecular complexity index is 1130. The lowest BCUT2D eigenvalue weighted by Gasteiger charge is -2.32. The van der Waals surface area contributed by atoms with E-state index in [2.05, 4.69) is 42.7 Å². The number of carbonyl (C=O) groups is 1. The van der Waals surface area contributed by atoms with Gasteiger partial charge in [-0.05, 0) is 66.1 Å². The van der Waals surface area contributed by atoms with Gasteiger partial charge in [0.05, 0.1) is 9.09 Å². The van der Waals surface area contributed by atoms with Gasteiger partial charge in [-0.15, -0.1) is 23.1 Å². The molecule has 3 N–H and O–H groups in total.